The van der Waals surface area contributed by atoms with Crippen LogP contribution in [0.15, 0.2) is 18.2 Å². The summed E-state index contributed by atoms with van der Waals surface area (Å²) in [6, 6.07) is 4.69. The first-order chi connectivity index (χ1) is 6.88. The van der Waals surface area contributed by atoms with Crippen LogP contribution in [0.1, 0.15) is 24.2 Å². The zero-order valence-corrected chi connectivity index (χ0v) is 10.3. The van der Waals surface area contributed by atoms with Gasteiger partial charge < -0.3 is 0 Å². The van der Waals surface area contributed by atoms with Crippen molar-refractivity contribution >= 4 is 33.3 Å². The fourth-order valence-electron chi connectivity index (χ4n) is 1.36. The van der Waals surface area contributed by atoms with Gasteiger partial charge in [0.25, 0.3) is 10.1 Å². The molecule has 0 fully saturated rings. The Kier molecular flexibility index (Phi) is 4.00. The molecule has 1 rings (SSSR count). The van der Waals surface area contributed by atoms with Gasteiger partial charge in [-0.3, -0.25) is 4.55 Å². The fraction of sp³-hybridized carbons (Fsp3) is 0.333. The van der Waals surface area contributed by atoms with Crippen molar-refractivity contribution in [3.05, 3.63) is 33.8 Å². The van der Waals surface area contributed by atoms with E-state index in [4.69, 9.17) is 27.8 Å². The Balaban J connectivity index is 3.31. The minimum absolute atomic E-state index is 0.170. The maximum absolute atomic E-state index is 11.1. The van der Waals surface area contributed by atoms with Crippen LogP contribution in [0.2, 0.25) is 10.0 Å². The predicted octanol–water partition coefficient (Wildman–Crippen LogP) is 3.33. The van der Waals surface area contributed by atoms with Crippen LogP contribution in [0, 0.1) is 0 Å². The third kappa shape index (κ3) is 2.84. The van der Waals surface area contributed by atoms with E-state index in [-0.39, 0.29) is 16.5 Å². The van der Waals surface area contributed by atoms with E-state index >= 15 is 0 Å². The molecule has 0 radical (unpaired) electrons. The molecule has 0 bridgehead atoms. The van der Waals surface area contributed by atoms with Crippen LogP contribution in [0.3, 0.4) is 0 Å². The lowest BCUT2D eigenvalue weighted by molar-refractivity contribution is 0.466. The van der Waals surface area contributed by atoms with E-state index < -0.39 is 15.4 Å². The maximum Gasteiger partial charge on any atom is 0.272 e. The van der Waals surface area contributed by atoms with E-state index in [1.807, 2.05) is 0 Å². The first-order valence-electron chi connectivity index (χ1n) is 4.28. The average Bonchev–Trinajstić information content (AvgIpc) is 2.11. The van der Waals surface area contributed by atoms with Crippen molar-refractivity contribution in [3.63, 3.8) is 0 Å². The number of halogens is 2. The van der Waals surface area contributed by atoms with Crippen LogP contribution in [0.25, 0.3) is 0 Å². The van der Waals surface area contributed by atoms with Crippen molar-refractivity contribution in [2.75, 3.05) is 0 Å². The first-order valence-corrected chi connectivity index (χ1v) is 6.54. The van der Waals surface area contributed by atoms with Gasteiger partial charge in [-0.15, -0.1) is 0 Å². The standard InChI is InChI=1S/C9H10Cl2O3S/c1-2-8(15(12,13)14)6-4-3-5-7(10)9(6)11/h3-5,8H,2H2,1H3,(H,12,13,14). The highest BCUT2D eigenvalue weighted by Crippen LogP contribution is 2.34. The largest absolute Gasteiger partial charge is 0.285 e. The number of hydrogen-bond acceptors (Lipinski definition) is 2. The normalized spacial score (nSPS) is 13.9. The molecule has 0 aliphatic rings. The molecular formula is C9H10Cl2O3S. The molecule has 0 amide bonds. The Morgan fingerprint density at radius 2 is 2.00 bits per heavy atom. The van der Waals surface area contributed by atoms with Gasteiger partial charge in [-0.2, -0.15) is 8.42 Å². The predicted molar refractivity (Wildman–Crippen MR) is 61.0 cm³/mol. The minimum atomic E-state index is -4.15. The molecule has 1 N–H and O–H groups in total. The molecule has 1 aromatic rings. The van der Waals surface area contributed by atoms with Gasteiger partial charge in [0.05, 0.1) is 10.0 Å². The summed E-state index contributed by atoms with van der Waals surface area (Å²) in [5.74, 6) is 0. The van der Waals surface area contributed by atoms with Crippen LogP contribution < -0.4 is 0 Å². The Morgan fingerprint density at radius 1 is 1.40 bits per heavy atom. The van der Waals surface area contributed by atoms with Gasteiger partial charge in [-0.1, -0.05) is 42.3 Å². The highest BCUT2D eigenvalue weighted by Gasteiger charge is 2.25. The van der Waals surface area contributed by atoms with E-state index in [0.29, 0.717) is 5.56 Å². The molecule has 0 aliphatic heterocycles. The van der Waals surface area contributed by atoms with Gasteiger partial charge in [0.1, 0.15) is 5.25 Å². The Hall–Kier alpha value is -0.290. The lowest BCUT2D eigenvalue weighted by atomic mass is 10.1. The molecule has 0 saturated carbocycles. The molecule has 1 aromatic carbocycles. The molecule has 1 atom stereocenters. The van der Waals surface area contributed by atoms with Crippen molar-refractivity contribution in [1.29, 1.82) is 0 Å². The monoisotopic (exact) mass is 268 g/mol. The van der Waals surface area contributed by atoms with Crippen molar-refractivity contribution in [1.82, 2.24) is 0 Å². The maximum atomic E-state index is 11.1. The van der Waals surface area contributed by atoms with Gasteiger partial charge >= 0.3 is 0 Å². The van der Waals surface area contributed by atoms with Gasteiger partial charge in [0, 0.05) is 0 Å². The molecule has 1 unspecified atom stereocenters. The number of rotatable bonds is 3. The Labute approximate surface area is 98.8 Å². The summed E-state index contributed by atoms with van der Waals surface area (Å²) in [5, 5.41) is -0.580. The van der Waals surface area contributed by atoms with Gasteiger partial charge in [-0.05, 0) is 18.1 Å². The zero-order chi connectivity index (χ0) is 11.6. The molecule has 84 valence electrons. The molecule has 3 nitrogen and oxygen atoms in total. The molecule has 6 heteroatoms. The van der Waals surface area contributed by atoms with Crippen molar-refractivity contribution in [2.24, 2.45) is 0 Å². The summed E-state index contributed by atoms with van der Waals surface area (Å²) < 4.78 is 31.2. The summed E-state index contributed by atoms with van der Waals surface area (Å²) in [5.41, 5.74) is 0.328. The van der Waals surface area contributed by atoms with E-state index in [0.717, 1.165) is 0 Å². The quantitative estimate of drug-likeness (QED) is 0.856. The lowest BCUT2D eigenvalue weighted by Crippen LogP contribution is -2.11. The van der Waals surface area contributed by atoms with Gasteiger partial charge in [-0.25, -0.2) is 0 Å². The Morgan fingerprint density at radius 3 is 2.47 bits per heavy atom. The minimum Gasteiger partial charge on any atom is -0.285 e. The molecule has 15 heavy (non-hydrogen) atoms. The molecule has 0 aromatic heterocycles. The fourth-order valence-corrected chi connectivity index (χ4v) is 2.80. The zero-order valence-electron chi connectivity index (χ0n) is 7.94. The number of benzene rings is 1. The van der Waals surface area contributed by atoms with Crippen molar-refractivity contribution in [3.8, 4) is 0 Å². The van der Waals surface area contributed by atoms with E-state index in [2.05, 4.69) is 0 Å². The van der Waals surface area contributed by atoms with E-state index in [9.17, 15) is 8.42 Å². The summed E-state index contributed by atoms with van der Waals surface area (Å²) in [4.78, 5) is 0. The molecular weight excluding hydrogens is 259 g/mol. The smallest absolute Gasteiger partial charge is 0.272 e. The second-order valence-electron chi connectivity index (χ2n) is 3.05. The second-order valence-corrected chi connectivity index (χ2v) is 5.44. The van der Waals surface area contributed by atoms with Crippen LogP contribution in [-0.2, 0) is 10.1 Å². The van der Waals surface area contributed by atoms with Gasteiger partial charge in [0.2, 0.25) is 0 Å². The van der Waals surface area contributed by atoms with Crippen LogP contribution in [0.4, 0.5) is 0 Å². The third-order valence-corrected chi connectivity index (χ3v) is 4.20. The second kappa shape index (κ2) is 4.70. The third-order valence-electron chi connectivity index (χ3n) is 2.06. The molecule has 0 aliphatic carbocycles. The number of hydrogen-bond donors (Lipinski definition) is 1. The highest BCUT2D eigenvalue weighted by molar-refractivity contribution is 7.86. The summed E-state index contributed by atoms with van der Waals surface area (Å²) in [6.07, 6.45) is 0.235. The summed E-state index contributed by atoms with van der Waals surface area (Å²) in [7, 11) is -4.15. The SMILES string of the molecule is CCC(c1cccc(Cl)c1Cl)S(=O)(=O)O. The topological polar surface area (TPSA) is 54.4 Å². The van der Waals surface area contributed by atoms with Crippen LogP contribution in [-0.4, -0.2) is 13.0 Å². The molecule has 0 heterocycles. The van der Waals surface area contributed by atoms with Crippen LogP contribution >= 0.6 is 23.2 Å². The van der Waals surface area contributed by atoms with Gasteiger partial charge in [0.15, 0.2) is 0 Å². The summed E-state index contributed by atoms with van der Waals surface area (Å²) >= 11 is 11.6. The lowest BCUT2D eigenvalue weighted by Gasteiger charge is -2.13. The van der Waals surface area contributed by atoms with E-state index in [1.165, 1.54) is 6.07 Å². The average molecular weight is 269 g/mol. The van der Waals surface area contributed by atoms with E-state index in [1.54, 1.807) is 19.1 Å². The van der Waals surface area contributed by atoms with Crippen molar-refractivity contribution in [2.45, 2.75) is 18.6 Å². The van der Waals surface area contributed by atoms with Crippen molar-refractivity contribution < 1.29 is 13.0 Å². The highest BCUT2D eigenvalue weighted by atomic mass is 35.5. The molecule has 0 saturated heterocycles. The first kappa shape index (κ1) is 12.8. The molecule has 0 spiro atoms. The van der Waals surface area contributed by atoms with Crippen LogP contribution in [0.5, 0.6) is 0 Å². The Bertz CT molecular complexity index is 456. The summed E-state index contributed by atoms with van der Waals surface area (Å²) in [6.45, 7) is 1.65.